The summed E-state index contributed by atoms with van der Waals surface area (Å²) in [7, 11) is 53.4. The molecule has 20 radical (unpaired) electrons. The standard InChI is InChI=1S/C20H46GeN3O2.2C14H28GeO2.C14H30O2.C8H24GeN4.C4H10Te.2C4H9Te.C4H7.5C2H6N.C2H6.CH5N.2CH3Te.4Sb.2HTe.2Te/c1-15(2)20(8,25)18(5)16(3)17(4)19(6,7)26-21(22(9)10,23(11)12)24(13)14;2*1-9(2)14(8,16)12(5)10(3)11(4)13(6,7)17-15;1-9(2)14(8,16)12(5)10(3)11(4)13(6,7)15;1-10(2)9(11(3)4,12(5)6)13(7)8;3*1-4(2,3)5;1-4(2)3;5*1-3-2;4*1-2;;;;;;;;/h15-18H,1-14H3;2*9-12H,1-8H3;9-12,15-16H,1-8H3;1-8H3;5H,1-3H3;2*1-3H3;1-2H2,3H3;5*1-2H3;1-2H3;2H2,1H3;2*1H3;;;;;2*1H;;/q3*-1;;;;;;6*-1;;;;;2*+1;2*+3;;;;. The molecule has 21 nitrogen and oxygen atoms in total. The van der Waals surface area contributed by atoms with E-state index in [9.17, 15) is 10.2 Å². The largest absolute Gasteiger partial charge is 0 e. The van der Waals surface area contributed by atoms with Gasteiger partial charge in [-0.2, -0.15) is 0 Å². The first-order valence-electron chi connectivity index (χ1n) is 48.5. The summed E-state index contributed by atoms with van der Waals surface area (Å²) in [5.74, 6) is 6.44. The Hall–Kier alpha value is 11.3. The molecule has 139 heavy (non-hydrogen) atoms. The molecule has 0 saturated heterocycles. The van der Waals surface area contributed by atoms with Gasteiger partial charge in [-0.15, -0.1) is 0 Å². The van der Waals surface area contributed by atoms with Gasteiger partial charge in [-0.25, -0.2) is 19.1 Å². The molecule has 38 heteroatoms. The number of rotatable bonds is 40. The van der Waals surface area contributed by atoms with Crippen LogP contribution in [0.5, 0.6) is 0 Å². The zero-order chi connectivity index (χ0) is 114. The van der Waals surface area contributed by atoms with Crippen molar-refractivity contribution >= 4 is 357 Å². The third-order valence-corrected chi connectivity index (χ3v) is 61.6. The predicted octanol–water partition coefficient (Wildman–Crippen LogP) is 16.5. The van der Waals surface area contributed by atoms with Gasteiger partial charge in [0.2, 0.25) is 0 Å². The Bertz CT molecular complexity index is 2610. The van der Waals surface area contributed by atoms with E-state index in [-0.39, 0.29) is 152 Å². The second-order valence-electron chi connectivity index (χ2n) is 45.7. The van der Waals surface area contributed by atoms with Crippen LogP contribution in [0.2, 0.25) is 20.3 Å². The van der Waals surface area contributed by atoms with Gasteiger partial charge >= 0.3 is 895 Å². The van der Waals surface area contributed by atoms with Crippen molar-refractivity contribution in [3.05, 3.63) is 19.1 Å². The fourth-order valence-electron chi connectivity index (χ4n) is 15.3. The number of hydrogen-bond donors (Lipinski definition) is 3. The molecule has 0 aromatic heterocycles. The minimum atomic E-state index is -3.10. The summed E-state index contributed by atoms with van der Waals surface area (Å²) in [5.41, 5.74) is 3.24. The zero-order valence-electron chi connectivity index (χ0n) is 105. The van der Waals surface area contributed by atoms with Gasteiger partial charge in [-0.3, -0.25) is 0 Å². The number of nitrogens with zero attached hydrogens (tertiary/aromatic N) is 12. The van der Waals surface area contributed by atoms with Gasteiger partial charge in [0.25, 0.3) is 0 Å². The van der Waals surface area contributed by atoms with Crippen molar-refractivity contribution in [2.24, 2.45) is 100 Å². The molecule has 0 rings (SSSR count). The Kier molecular flexibility index (Phi) is 128. The topological polar surface area (TPSA) is 161 Å². The second kappa shape index (κ2) is 92.6. The molecule has 0 amide bonds. The Morgan fingerprint density at radius 1 is 0.374 bits per heavy atom. The predicted molar refractivity (Wildman–Crippen MR) is 649 cm³/mol. The maximum absolute atomic E-state index is 10.5. The van der Waals surface area contributed by atoms with Gasteiger partial charge < -0.3 is 15.9 Å². The van der Waals surface area contributed by atoms with Crippen LogP contribution in [0.15, 0.2) is 12.2 Å². The number of allylic oxidation sites excluding steroid dienone is 1. The summed E-state index contributed by atoms with van der Waals surface area (Å²) < 4.78 is 67.1. The minimum absolute atomic E-state index is 0. The summed E-state index contributed by atoms with van der Waals surface area (Å²) in [6.45, 7) is 103. The normalized spacial score (nSPS) is 16.5. The molecule has 0 aliphatic rings. The van der Waals surface area contributed by atoms with Crippen LogP contribution in [-0.4, -0.2) is 631 Å². The number of hydrogen-bond acceptors (Lipinski definition) is 21. The molecule has 0 spiro atoms. The van der Waals surface area contributed by atoms with Gasteiger partial charge in [0.15, 0.2) is 0 Å². The molecule has 16 atom stereocenters. The molecule has 0 aromatic carbocycles. The van der Waals surface area contributed by atoms with Gasteiger partial charge in [-0.1, -0.05) is 55.4 Å². The van der Waals surface area contributed by atoms with Crippen LogP contribution in [0.4, 0.5) is 0 Å². The van der Waals surface area contributed by atoms with E-state index in [0.29, 0.717) is 81.4 Å². The minimum Gasteiger partial charge on any atom is 0 e. The Morgan fingerprint density at radius 2 is 0.554 bits per heavy atom. The summed E-state index contributed by atoms with van der Waals surface area (Å²) in [6.07, 6.45) is 0. The van der Waals surface area contributed by atoms with Crippen LogP contribution >= 0.6 is 0 Å². The third-order valence-electron chi connectivity index (χ3n) is 26.5. The van der Waals surface area contributed by atoms with Gasteiger partial charge in [-0.05, 0) is 51.5 Å². The van der Waals surface area contributed by atoms with E-state index in [1.807, 2.05) is 132 Å². The summed E-state index contributed by atoms with van der Waals surface area (Å²) in [5, 5.41) is 20.5. The van der Waals surface area contributed by atoms with E-state index < -0.39 is 81.9 Å². The SMILES string of the molecule is C=C([CH2-])C.CC.CC(C(C)C(C)(C)O)C(C)C(C)(O)C(C)C.CC(C(C)C(C)(C)[O][Ge]([N](C)C)([N](C)C)[N](C)C)C(C)C(C)([O][Sb]([N](C)C)[N](C)C)C(C)C.CC(C(C)C(C)(C)[O][Ge])C(C)C(C)([O][Sb])C(C)C.CC(C(C)C(C)(C)[O][Ge])C(C)C(C)([O][Sb])C(C)C.CC(C)(C)[TeH].CC(C)(C)[Te].CC(C)(C)[Te].CN.C[N](C)[Ge]([N](C)C)([N](C)C)[N](C)C.C[N](C)[Sb]([N](C)C)[N](C)C.C[Te].C[Te].[TeH].[TeH].[Te].[Te]. The Labute approximate surface area is 1080 Å². The first-order chi connectivity index (χ1) is 59.7. The first-order valence-corrected chi connectivity index (χ1v) is 74.8. The molecule has 16 unspecified atom stereocenters. The van der Waals surface area contributed by atoms with Crippen molar-refractivity contribution in [1.82, 2.24) is 42.3 Å². The summed E-state index contributed by atoms with van der Waals surface area (Å²) in [4.78, 5) is 4.02. The van der Waals surface area contributed by atoms with Gasteiger partial charge in [0.05, 0.1) is 11.2 Å². The second-order valence-corrected chi connectivity index (χ2v) is 91.9. The fraction of sp³-hybridized carbons (Fsp3) is 0.970. The van der Waals surface area contributed by atoms with E-state index in [0.717, 1.165) is 5.57 Å². The fourth-order valence-corrected chi connectivity index (χ4v) is 47.6. The van der Waals surface area contributed by atoms with Crippen LogP contribution in [0.1, 0.15) is 305 Å². The quantitative estimate of drug-likeness (QED) is 0.0392. The van der Waals surface area contributed by atoms with E-state index in [1.165, 1.54) is 53.9 Å². The van der Waals surface area contributed by atoms with Gasteiger partial charge in [0, 0.05) is 47.3 Å². The average molecular weight is 3690 g/mol. The van der Waals surface area contributed by atoms with Crippen LogP contribution in [0, 0.1) is 102 Å². The Balaban J connectivity index is -0.0000000764. The third kappa shape index (κ3) is 80.8. The average Bonchev–Trinajstić information content (AvgIpc) is 0.759. The van der Waals surface area contributed by atoms with Crippen LogP contribution in [0.3, 0.4) is 0 Å². The Morgan fingerprint density at radius 3 is 0.676 bits per heavy atom. The van der Waals surface area contributed by atoms with E-state index in [1.54, 1.807) is 33.7 Å². The maximum atomic E-state index is 10.5. The van der Waals surface area contributed by atoms with Crippen molar-refractivity contribution in [2.75, 3.05) is 176 Å². The molecular weight excluding hydrogens is 3450 g/mol. The molecule has 0 bridgehead atoms. The molecule has 0 saturated carbocycles. The van der Waals surface area contributed by atoms with Crippen molar-refractivity contribution in [1.29, 1.82) is 0 Å². The molecule has 0 heterocycles. The molecule has 4 N–H and O–H groups in total. The molecule has 848 valence electrons. The molecule has 0 fully saturated rings. The number of aliphatic hydroxyl groups is 2. The van der Waals surface area contributed by atoms with Crippen LogP contribution < -0.4 is 5.73 Å². The van der Waals surface area contributed by atoms with Crippen molar-refractivity contribution in [3.8, 4) is 0 Å². The zero-order valence-corrected chi connectivity index (χ0v) is 145. The van der Waals surface area contributed by atoms with E-state index >= 15 is 0 Å². The molecular formula is C101H240Ge4N13O8Sb4Te9-. The summed E-state index contributed by atoms with van der Waals surface area (Å²) >= 11 is 7.51. The molecule has 0 aliphatic heterocycles. The van der Waals surface area contributed by atoms with E-state index in [2.05, 4.69) is 525 Å². The monoisotopic (exact) mass is 3710 g/mol. The van der Waals surface area contributed by atoms with Gasteiger partial charge in [0.1, 0.15) is 0 Å². The number of nitrogens with two attached hydrogens (primary N) is 1. The van der Waals surface area contributed by atoms with Crippen LogP contribution in [-0.2, 0) is 20.3 Å². The summed E-state index contributed by atoms with van der Waals surface area (Å²) in [6, 6.07) is 0. The van der Waals surface area contributed by atoms with Crippen molar-refractivity contribution < 1.29 is 30.6 Å². The van der Waals surface area contributed by atoms with Crippen LogP contribution in [0.25, 0.3) is 0 Å². The van der Waals surface area contributed by atoms with Crippen molar-refractivity contribution in [2.45, 2.75) is 370 Å². The van der Waals surface area contributed by atoms with Crippen molar-refractivity contribution in [3.63, 3.8) is 0 Å². The molecule has 0 aromatic rings. The maximum Gasteiger partial charge on any atom is 0 e. The van der Waals surface area contributed by atoms with E-state index in [4.69, 9.17) is 20.3 Å². The smallest absolute Gasteiger partial charge is 0 e. The molecule has 0 aliphatic carbocycles. The first kappa shape index (κ1) is 191.